The minimum absolute atomic E-state index is 0.0326. The van der Waals surface area contributed by atoms with Crippen molar-refractivity contribution in [1.29, 1.82) is 5.26 Å². The first-order valence-corrected chi connectivity index (χ1v) is 14.4. The van der Waals surface area contributed by atoms with Crippen LogP contribution in [0.1, 0.15) is 47.1 Å². The lowest BCUT2D eigenvalue weighted by Crippen LogP contribution is -2.50. The number of nitrogens with zero attached hydrogens (tertiary/aromatic N) is 6. The molecule has 0 radical (unpaired) electrons. The van der Waals surface area contributed by atoms with Gasteiger partial charge in [0.25, 0.3) is 5.56 Å². The molecular weight excluding hydrogens is 609 g/mol. The molecule has 45 heavy (non-hydrogen) atoms. The summed E-state index contributed by atoms with van der Waals surface area (Å²) in [7, 11) is 0. The third-order valence-electron chi connectivity index (χ3n) is 6.72. The van der Waals surface area contributed by atoms with E-state index in [1.165, 1.54) is 12.4 Å². The molecule has 4 heterocycles. The van der Waals surface area contributed by atoms with Gasteiger partial charge in [-0.2, -0.15) is 15.0 Å². The van der Waals surface area contributed by atoms with Gasteiger partial charge < -0.3 is 29.0 Å². The standard InChI is InChI=1S/C30H31ClFN7O6/c1-29(2,3)44-27(41)38-11-9-37(10-12-38)23-16-7-8-34-26(22(16)36-25(40)17(23)14-33)43-24-18-15-35-39(28(42)45-30(4,5)6)20(18)13-19(32)21(24)31/h7-8,13,15H,9-12H2,1-6H3,(H,36,40). The molecule has 1 aliphatic heterocycles. The Morgan fingerprint density at radius 2 is 1.69 bits per heavy atom. The van der Waals surface area contributed by atoms with Gasteiger partial charge in [0.15, 0.2) is 5.75 Å². The molecule has 0 saturated carbocycles. The fraction of sp³-hybridized carbons (Fsp3) is 0.400. The van der Waals surface area contributed by atoms with Crippen LogP contribution < -0.4 is 15.2 Å². The van der Waals surface area contributed by atoms with Crippen molar-refractivity contribution in [3.8, 4) is 17.7 Å². The number of nitriles is 1. The maximum Gasteiger partial charge on any atom is 0.435 e. The summed E-state index contributed by atoms with van der Waals surface area (Å²) in [5.41, 5.74) is -1.82. The molecule has 1 N–H and O–H groups in total. The molecule has 1 aliphatic rings. The highest BCUT2D eigenvalue weighted by atomic mass is 35.5. The van der Waals surface area contributed by atoms with Crippen LogP contribution in [0.15, 0.2) is 29.3 Å². The van der Waals surface area contributed by atoms with Crippen LogP contribution in [0.5, 0.6) is 11.6 Å². The third kappa shape index (κ3) is 6.34. The summed E-state index contributed by atoms with van der Waals surface area (Å²) in [6, 6.07) is 4.63. The molecule has 236 valence electrons. The van der Waals surface area contributed by atoms with E-state index in [1.54, 1.807) is 52.5 Å². The number of piperazine rings is 1. The minimum atomic E-state index is -0.895. The van der Waals surface area contributed by atoms with E-state index in [2.05, 4.69) is 15.1 Å². The molecular formula is C30H31ClFN7O6. The first-order chi connectivity index (χ1) is 21.1. The number of rotatable bonds is 3. The topological polar surface area (TPSA) is 156 Å². The average molecular weight is 640 g/mol. The van der Waals surface area contributed by atoms with Crippen LogP contribution >= 0.6 is 11.6 Å². The number of halogens is 2. The third-order valence-corrected chi connectivity index (χ3v) is 7.07. The second-order valence-electron chi connectivity index (χ2n) is 12.4. The highest BCUT2D eigenvalue weighted by Gasteiger charge is 2.30. The molecule has 0 aliphatic carbocycles. The van der Waals surface area contributed by atoms with Crippen LogP contribution in [0.3, 0.4) is 0 Å². The van der Waals surface area contributed by atoms with Gasteiger partial charge in [-0.3, -0.25) is 4.79 Å². The number of anilines is 1. The molecule has 3 aromatic heterocycles. The summed E-state index contributed by atoms with van der Waals surface area (Å²) in [4.78, 5) is 48.8. The van der Waals surface area contributed by atoms with E-state index in [4.69, 9.17) is 25.8 Å². The van der Waals surface area contributed by atoms with Crippen LogP contribution in [0.4, 0.5) is 19.7 Å². The Kier molecular flexibility index (Phi) is 8.09. The second kappa shape index (κ2) is 11.6. The van der Waals surface area contributed by atoms with Gasteiger partial charge in [0, 0.05) is 43.8 Å². The Labute approximate surface area is 262 Å². The number of pyridine rings is 2. The van der Waals surface area contributed by atoms with Crippen molar-refractivity contribution in [3.05, 3.63) is 51.3 Å². The Hall–Kier alpha value is -4.90. The molecule has 1 aromatic carbocycles. The zero-order valence-corrected chi connectivity index (χ0v) is 26.3. The molecule has 1 saturated heterocycles. The van der Waals surface area contributed by atoms with Gasteiger partial charge in [-0.05, 0) is 47.6 Å². The predicted molar refractivity (Wildman–Crippen MR) is 164 cm³/mol. The smallest absolute Gasteiger partial charge is 0.435 e. The lowest BCUT2D eigenvalue weighted by atomic mass is 10.1. The SMILES string of the molecule is CC(C)(C)OC(=O)N1CCN(c2c(C#N)c(=O)[nH]c3c(Oc4c(Cl)c(F)cc5c4cnn5C(=O)OC(C)(C)C)nccc23)CC1. The van der Waals surface area contributed by atoms with E-state index in [0.717, 1.165) is 10.7 Å². The lowest BCUT2D eigenvalue weighted by Gasteiger charge is -2.37. The molecule has 0 spiro atoms. The Morgan fingerprint density at radius 3 is 2.31 bits per heavy atom. The monoisotopic (exact) mass is 639 g/mol. The van der Waals surface area contributed by atoms with Gasteiger partial charge in [-0.1, -0.05) is 11.6 Å². The number of hydrogen-bond donors (Lipinski definition) is 1. The Morgan fingerprint density at radius 1 is 1.04 bits per heavy atom. The van der Waals surface area contributed by atoms with Crippen molar-refractivity contribution in [3.63, 3.8) is 0 Å². The van der Waals surface area contributed by atoms with Crippen molar-refractivity contribution in [2.75, 3.05) is 31.1 Å². The number of H-pyrrole nitrogens is 1. The first-order valence-electron chi connectivity index (χ1n) is 14.0. The largest absolute Gasteiger partial charge is 0.444 e. The minimum Gasteiger partial charge on any atom is -0.444 e. The van der Waals surface area contributed by atoms with E-state index < -0.39 is 39.8 Å². The zero-order chi connectivity index (χ0) is 32.8. The van der Waals surface area contributed by atoms with Crippen LogP contribution in [-0.4, -0.2) is 74.2 Å². The van der Waals surface area contributed by atoms with Crippen LogP contribution in [0.2, 0.25) is 5.02 Å². The fourth-order valence-electron chi connectivity index (χ4n) is 4.86. The molecule has 15 heteroatoms. The average Bonchev–Trinajstić information content (AvgIpc) is 3.37. The quantitative estimate of drug-likeness (QED) is 0.301. The number of hydrogen-bond acceptors (Lipinski definition) is 10. The van der Waals surface area contributed by atoms with Gasteiger partial charge in [-0.15, -0.1) is 0 Å². The number of carbonyl (C=O) groups is 2. The van der Waals surface area contributed by atoms with E-state index in [9.17, 15) is 19.6 Å². The van der Waals surface area contributed by atoms with E-state index in [1.807, 2.05) is 11.0 Å². The maximum atomic E-state index is 15.1. The number of benzene rings is 1. The molecule has 13 nitrogen and oxygen atoms in total. The summed E-state index contributed by atoms with van der Waals surface area (Å²) in [5, 5.41) is 14.2. The van der Waals surface area contributed by atoms with Gasteiger partial charge in [0.2, 0.25) is 5.88 Å². The number of carbonyl (C=O) groups excluding carboxylic acids is 2. The molecule has 0 unspecified atom stereocenters. The predicted octanol–water partition coefficient (Wildman–Crippen LogP) is 5.57. The highest BCUT2D eigenvalue weighted by molar-refractivity contribution is 6.33. The van der Waals surface area contributed by atoms with Gasteiger partial charge in [0.05, 0.1) is 22.8 Å². The lowest BCUT2D eigenvalue weighted by molar-refractivity contribution is 0.0240. The molecule has 0 atom stereocenters. The highest BCUT2D eigenvalue weighted by Crippen LogP contribution is 2.41. The summed E-state index contributed by atoms with van der Waals surface area (Å²) in [6.45, 7) is 11.6. The summed E-state index contributed by atoms with van der Waals surface area (Å²) in [6.07, 6.45) is 1.40. The van der Waals surface area contributed by atoms with Crippen LogP contribution in [0, 0.1) is 17.1 Å². The van der Waals surface area contributed by atoms with Gasteiger partial charge in [-0.25, -0.2) is 19.0 Å². The van der Waals surface area contributed by atoms with Crippen LogP contribution in [0.25, 0.3) is 21.8 Å². The van der Waals surface area contributed by atoms with Crippen molar-refractivity contribution >= 4 is 51.3 Å². The summed E-state index contributed by atoms with van der Waals surface area (Å²) in [5.74, 6) is -1.23. The number of amides is 1. The number of fused-ring (bicyclic) bond motifs is 2. The van der Waals surface area contributed by atoms with Gasteiger partial charge >= 0.3 is 12.2 Å². The summed E-state index contributed by atoms with van der Waals surface area (Å²) < 4.78 is 32.9. The maximum absolute atomic E-state index is 15.1. The number of ether oxygens (including phenoxy) is 3. The van der Waals surface area contributed by atoms with Crippen molar-refractivity contribution in [2.24, 2.45) is 0 Å². The Balaban J connectivity index is 1.55. The number of aromatic amines is 1. The zero-order valence-electron chi connectivity index (χ0n) is 25.5. The molecule has 1 amide bonds. The van der Waals surface area contributed by atoms with Crippen LogP contribution in [-0.2, 0) is 9.47 Å². The first kappa shape index (κ1) is 31.5. The normalized spacial score (nSPS) is 14.0. The fourth-order valence-corrected chi connectivity index (χ4v) is 5.05. The van der Waals surface area contributed by atoms with E-state index in [-0.39, 0.29) is 33.6 Å². The second-order valence-corrected chi connectivity index (χ2v) is 12.7. The molecule has 4 aromatic rings. The molecule has 5 rings (SSSR count). The van der Waals surface area contributed by atoms with Crippen molar-refractivity contribution in [2.45, 2.75) is 52.7 Å². The van der Waals surface area contributed by atoms with Gasteiger partial charge in [0.1, 0.15) is 39.2 Å². The van der Waals surface area contributed by atoms with Crippen molar-refractivity contribution in [1.82, 2.24) is 24.6 Å². The Bertz CT molecular complexity index is 1930. The number of nitrogens with one attached hydrogen (secondary N) is 1. The number of aromatic nitrogens is 4. The molecule has 1 fully saturated rings. The molecule has 0 bridgehead atoms. The van der Waals surface area contributed by atoms with E-state index >= 15 is 4.39 Å². The van der Waals surface area contributed by atoms with Crippen molar-refractivity contribution < 1.29 is 28.2 Å². The van der Waals surface area contributed by atoms with E-state index in [0.29, 0.717) is 37.3 Å². The summed E-state index contributed by atoms with van der Waals surface area (Å²) >= 11 is 6.33.